The molecule has 0 radical (unpaired) electrons. The maximum Gasteiger partial charge on any atom is 0.343 e. The van der Waals surface area contributed by atoms with E-state index in [2.05, 4.69) is 10.6 Å². The molecule has 0 fully saturated rings. The maximum atomic E-state index is 14.7. The van der Waals surface area contributed by atoms with Gasteiger partial charge in [-0.05, 0) is 43.7 Å². The van der Waals surface area contributed by atoms with Crippen LogP contribution in [0.15, 0.2) is 34.9 Å². The van der Waals surface area contributed by atoms with E-state index in [-0.39, 0.29) is 63.0 Å². The molecule has 234 valence electrons. The summed E-state index contributed by atoms with van der Waals surface area (Å²) in [5.74, 6) is 4.86. The summed E-state index contributed by atoms with van der Waals surface area (Å²) < 4.78 is 26.5. The number of nitrogens with two attached hydrogens (primary N) is 2. The van der Waals surface area contributed by atoms with Crippen molar-refractivity contribution in [2.75, 3.05) is 26.9 Å². The zero-order valence-corrected chi connectivity index (χ0v) is 24.8. The van der Waals surface area contributed by atoms with E-state index in [0.717, 1.165) is 0 Å². The highest BCUT2D eigenvalue weighted by Crippen LogP contribution is 2.40. The Morgan fingerprint density at radius 2 is 2.09 bits per heavy atom. The smallest absolute Gasteiger partial charge is 0.343 e. The van der Waals surface area contributed by atoms with Crippen LogP contribution in [0, 0.1) is 12.7 Å². The summed E-state index contributed by atoms with van der Waals surface area (Å²) >= 11 is 0. The van der Waals surface area contributed by atoms with Gasteiger partial charge in [0.1, 0.15) is 19.0 Å². The quantitative estimate of drug-likeness (QED) is 0.0530. The highest BCUT2D eigenvalue weighted by Gasteiger charge is 2.45. The summed E-state index contributed by atoms with van der Waals surface area (Å²) in [5, 5.41) is 18.7. The molecule has 1 aromatic carbocycles. The molecule has 5 rings (SSSR count). The Labute approximate surface area is 252 Å². The van der Waals surface area contributed by atoms with Crippen LogP contribution in [0.25, 0.3) is 22.3 Å². The number of hydrogen-bond donors (Lipinski definition) is 5. The number of pyridine rings is 2. The van der Waals surface area contributed by atoms with E-state index < -0.39 is 22.9 Å². The molecule has 44 heavy (non-hydrogen) atoms. The predicted molar refractivity (Wildman–Crippen MR) is 159 cm³/mol. The van der Waals surface area contributed by atoms with Gasteiger partial charge in [0.15, 0.2) is 5.60 Å². The van der Waals surface area contributed by atoms with Gasteiger partial charge in [-0.25, -0.2) is 20.0 Å². The van der Waals surface area contributed by atoms with E-state index >= 15 is 0 Å². The molecule has 0 aliphatic carbocycles. The summed E-state index contributed by atoms with van der Waals surface area (Å²) in [4.78, 5) is 42.8. The molecule has 4 heterocycles. The molecule has 1 amide bonds. The number of hydrogen-bond acceptors (Lipinski definition) is 11. The van der Waals surface area contributed by atoms with Crippen LogP contribution in [0.2, 0.25) is 0 Å². The number of fused-ring (bicyclic) bond motifs is 5. The first-order valence-corrected chi connectivity index (χ1v) is 14.2. The van der Waals surface area contributed by atoms with Crippen molar-refractivity contribution in [3.05, 3.63) is 74.1 Å². The van der Waals surface area contributed by atoms with Crippen LogP contribution >= 0.6 is 0 Å². The monoisotopic (exact) mass is 609 g/mol. The first-order valence-electron chi connectivity index (χ1n) is 14.2. The van der Waals surface area contributed by atoms with E-state index in [0.29, 0.717) is 51.1 Å². The van der Waals surface area contributed by atoms with E-state index in [4.69, 9.17) is 26.0 Å². The predicted octanol–water partition coefficient (Wildman–Crippen LogP) is 0.703. The first-order chi connectivity index (χ1) is 21.0. The lowest BCUT2D eigenvalue weighted by atomic mass is 9.86. The molecule has 3 aromatic rings. The van der Waals surface area contributed by atoms with E-state index in [1.807, 2.05) is 0 Å². The lowest BCUT2D eigenvalue weighted by Gasteiger charge is -2.31. The van der Waals surface area contributed by atoms with Crippen molar-refractivity contribution in [3.63, 3.8) is 0 Å². The number of cyclic esters (lactones) is 1. The van der Waals surface area contributed by atoms with E-state index in [1.165, 1.54) is 15.6 Å². The number of aromatic nitrogens is 2. The fraction of sp³-hybridized carbons (Fsp3) is 0.400. The number of ether oxygens (including phenoxy) is 2. The minimum absolute atomic E-state index is 0.0131. The van der Waals surface area contributed by atoms with Crippen molar-refractivity contribution < 1.29 is 28.6 Å². The van der Waals surface area contributed by atoms with Crippen LogP contribution in [0.5, 0.6) is 0 Å². The Morgan fingerprint density at radius 3 is 2.82 bits per heavy atom. The Kier molecular flexibility index (Phi) is 8.70. The molecule has 0 spiro atoms. The number of esters is 1. The molecule has 0 bridgehead atoms. The minimum Gasteiger partial charge on any atom is -0.458 e. The summed E-state index contributed by atoms with van der Waals surface area (Å²) in [5.41, 5.74) is 7.66. The lowest BCUT2D eigenvalue weighted by molar-refractivity contribution is -0.172. The number of amides is 1. The van der Waals surface area contributed by atoms with Crippen LogP contribution in [-0.4, -0.2) is 58.5 Å². The maximum absolute atomic E-state index is 14.7. The number of halogens is 1. The number of nitrogens with zero attached hydrogens (tertiary/aromatic N) is 3. The van der Waals surface area contributed by atoms with Gasteiger partial charge in [-0.3, -0.25) is 14.9 Å². The second-order valence-corrected chi connectivity index (χ2v) is 11.0. The average molecular weight is 610 g/mol. The van der Waals surface area contributed by atoms with Crippen molar-refractivity contribution in [1.29, 1.82) is 0 Å². The van der Waals surface area contributed by atoms with Crippen molar-refractivity contribution in [3.8, 4) is 11.4 Å². The normalized spacial score (nSPS) is 17.2. The molecule has 7 N–H and O–H groups in total. The Morgan fingerprint density at radius 1 is 1.32 bits per heavy atom. The van der Waals surface area contributed by atoms with Gasteiger partial charge in [0.25, 0.3) is 5.56 Å². The minimum atomic E-state index is -1.97. The zero-order valence-electron chi connectivity index (χ0n) is 24.8. The first kappa shape index (κ1) is 31.1. The van der Waals surface area contributed by atoms with Crippen molar-refractivity contribution in [2.24, 2.45) is 11.6 Å². The van der Waals surface area contributed by atoms with E-state index in [1.54, 1.807) is 39.2 Å². The standard InChI is InChI=1S/C30H36FN7O6/c1-4-30(42)22-8-25-27-20(12-38(25)28(40)21(22)13-44-29(30)41)19(18-7-16(2)23(31)9-24(18)36-27)11-37(33)10-17(32)5-6-35-26(39)14-43-15-34-3/h7-10,34,42H,4-6,11-15,32-33H2,1-3H3,(H,35,39)/b17-10-/t30-/m0/s1. The summed E-state index contributed by atoms with van der Waals surface area (Å²) in [6.07, 6.45) is 1.90. The van der Waals surface area contributed by atoms with Crippen LogP contribution in [0.3, 0.4) is 0 Å². The van der Waals surface area contributed by atoms with Crippen molar-refractivity contribution in [2.45, 2.75) is 52.0 Å². The SMILES string of the molecule is CC[C@@]1(O)C(=O)OCc2c1cc1n(c2=O)Cc2c-1nc1cc(F)c(C)cc1c2CN(N)/C=C(\N)CCNC(=O)COCNC. The van der Waals surface area contributed by atoms with Crippen molar-refractivity contribution in [1.82, 2.24) is 25.2 Å². The Balaban J connectivity index is 1.49. The number of aliphatic hydroxyl groups is 1. The molecule has 2 aliphatic rings. The van der Waals surface area contributed by atoms with Gasteiger partial charge < -0.3 is 35.2 Å². The molecular formula is C30H36FN7O6. The fourth-order valence-electron chi connectivity index (χ4n) is 5.62. The highest BCUT2D eigenvalue weighted by atomic mass is 19.1. The van der Waals surface area contributed by atoms with Crippen LogP contribution in [0.1, 0.15) is 47.6 Å². The number of carbonyl (C=O) groups excluding carboxylic acids is 2. The van der Waals surface area contributed by atoms with Gasteiger partial charge in [0.05, 0.1) is 42.3 Å². The fourth-order valence-corrected chi connectivity index (χ4v) is 5.62. The summed E-state index contributed by atoms with van der Waals surface area (Å²) in [6, 6.07) is 4.64. The van der Waals surface area contributed by atoms with Gasteiger partial charge in [-0.1, -0.05) is 6.92 Å². The van der Waals surface area contributed by atoms with Gasteiger partial charge >= 0.3 is 5.97 Å². The van der Waals surface area contributed by atoms with E-state index in [9.17, 15) is 23.9 Å². The van der Waals surface area contributed by atoms with Crippen molar-refractivity contribution >= 4 is 22.8 Å². The lowest BCUT2D eigenvalue weighted by Crippen LogP contribution is -2.44. The number of aryl methyl sites for hydroxylation is 1. The molecule has 2 aromatic heterocycles. The molecular weight excluding hydrogens is 573 g/mol. The Hall–Kier alpha value is -4.37. The molecule has 0 saturated carbocycles. The third-order valence-electron chi connectivity index (χ3n) is 7.97. The number of benzene rings is 1. The molecule has 13 nitrogen and oxygen atoms in total. The number of carbonyl (C=O) groups is 2. The molecule has 1 atom stereocenters. The number of nitrogens with one attached hydrogen (secondary N) is 2. The molecule has 0 saturated heterocycles. The highest BCUT2D eigenvalue weighted by molar-refractivity contribution is 5.89. The third kappa shape index (κ3) is 5.64. The van der Waals surface area contributed by atoms with Crippen LogP contribution < -0.4 is 27.8 Å². The van der Waals surface area contributed by atoms with Gasteiger partial charge in [0, 0.05) is 47.4 Å². The number of hydrazine groups is 1. The molecule has 14 heteroatoms. The topological polar surface area (TPSA) is 187 Å². The molecule has 0 unspecified atom stereocenters. The van der Waals surface area contributed by atoms with Crippen LogP contribution in [-0.2, 0) is 44.4 Å². The van der Waals surface area contributed by atoms with Crippen LogP contribution in [0.4, 0.5) is 4.39 Å². The molecule has 2 aliphatic heterocycles. The summed E-state index contributed by atoms with van der Waals surface area (Å²) in [7, 11) is 1.71. The van der Waals surface area contributed by atoms with Gasteiger partial charge in [-0.2, -0.15) is 0 Å². The average Bonchev–Trinajstić information content (AvgIpc) is 3.35. The van der Waals surface area contributed by atoms with Gasteiger partial charge in [-0.15, -0.1) is 0 Å². The second-order valence-electron chi connectivity index (χ2n) is 11.0. The largest absolute Gasteiger partial charge is 0.458 e. The zero-order chi connectivity index (χ0) is 31.8. The Bertz CT molecular complexity index is 1740. The third-order valence-corrected chi connectivity index (χ3v) is 7.97. The van der Waals surface area contributed by atoms with Gasteiger partial charge in [0.2, 0.25) is 5.91 Å². The summed E-state index contributed by atoms with van der Waals surface area (Å²) in [6.45, 7) is 3.78. The second kappa shape index (κ2) is 12.3. The number of rotatable bonds is 11.